The number of amides is 5. The van der Waals surface area contributed by atoms with Gasteiger partial charge < -0.3 is 36.0 Å². The number of aliphatic carboxylic acids is 1. The Bertz CT molecular complexity index is 994. The van der Waals surface area contributed by atoms with Crippen molar-refractivity contribution in [2.24, 2.45) is 0 Å². The van der Waals surface area contributed by atoms with Crippen molar-refractivity contribution in [3.05, 3.63) is 35.9 Å². The molecule has 0 aromatic heterocycles. The zero-order valence-corrected chi connectivity index (χ0v) is 23.2. The van der Waals surface area contributed by atoms with Crippen LogP contribution in [0.1, 0.15) is 25.3 Å². The number of carboxylic acids is 1. The number of carbonyl (C=O) groups excluding carboxylic acids is 5. The molecule has 1 rings (SSSR count). The highest BCUT2D eigenvalue weighted by Gasteiger charge is 2.32. The van der Waals surface area contributed by atoms with E-state index in [2.05, 4.69) is 33.9 Å². The minimum Gasteiger partial charge on any atom is -0.480 e. The monoisotopic (exact) mass is 567 g/mol. The molecule has 14 heteroatoms. The molecule has 0 aliphatic rings. The Labute approximate surface area is 232 Å². The number of carboxylic acid groups (broad SMARTS) is 1. The minimum absolute atomic E-state index is 0.0444. The van der Waals surface area contributed by atoms with Crippen molar-refractivity contribution in [3.63, 3.8) is 0 Å². The van der Waals surface area contributed by atoms with E-state index in [4.69, 9.17) is 9.84 Å². The summed E-state index contributed by atoms with van der Waals surface area (Å²) in [5.74, 6) is -3.87. The molecule has 0 aliphatic heterocycles. The van der Waals surface area contributed by atoms with Crippen LogP contribution in [0.3, 0.4) is 0 Å². The number of thiol groups is 1. The summed E-state index contributed by atoms with van der Waals surface area (Å²) in [5, 5.41) is 18.1. The van der Waals surface area contributed by atoms with E-state index in [0.717, 1.165) is 5.56 Å². The summed E-state index contributed by atoms with van der Waals surface area (Å²) < 4.78 is 5.13. The highest BCUT2D eigenvalue weighted by molar-refractivity contribution is 7.80. The molecule has 0 saturated carbocycles. The van der Waals surface area contributed by atoms with Gasteiger partial charge in [-0.2, -0.15) is 12.6 Å². The summed E-state index contributed by atoms with van der Waals surface area (Å²) in [5.41, 5.74) is 0.809. The lowest BCUT2D eigenvalue weighted by Crippen LogP contribution is -2.56. The molecule has 2 unspecified atom stereocenters. The van der Waals surface area contributed by atoms with Crippen molar-refractivity contribution in [3.8, 4) is 0 Å². The molecule has 0 fully saturated rings. The first-order valence-corrected chi connectivity index (χ1v) is 12.9. The van der Waals surface area contributed by atoms with E-state index >= 15 is 0 Å². The normalized spacial score (nSPS) is 12.8. The number of hydrogen-bond acceptors (Lipinski definition) is 8. The fraction of sp³-hybridized carbons (Fsp3) is 0.520. The molecule has 3 atom stereocenters. The van der Waals surface area contributed by atoms with Crippen molar-refractivity contribution in [2.75, 3.05) is 39.5 Å². The Morgan fingerprint density at radius 1 is 0.949 bits per heavy atom. The number of benzene rings is 1. The summed E-state index contributed by atoms with van der Waals surface area (Å²) in [6, 6.07) is 7.15. The van der Waals surface area contributed by atoms with Crippen LogP contribution in [-0.4, -0.2) is 103 Å². The van der Waals surface area contributed by atoms with Crippen LogP contribution in [0.2, 0.25) is 0 Å². The predicted molar refractivity (Wildman–Crippen MR) is 145 cm³/mol. The Morgan fingerprint density at radius 2 is 1.54 bits per heavy atom. The van der Waals surface area contributed by atoms with Gasteiger partial charge >= 0.3 is 5.97 Å². The summed E-state index contributed by atoms with van der Waals surface area (Å²) in [4.78, 5) is 74.3. The van der Waals surface area contributed by atoms with Crippen molar-refractivity contribution in [1.82, 2.24) is 26.2 Å². The van der Waals surface area contributed by atoms with Gasteiger partial charge in [0, 0.05) is 20.6 Å². The first-order valence-electron chi connectivity index (χ1n) is 12.2. The van der Waals surface area contributed by atoms with Gasteiger partial charge in [0.15, 0.2) is 0 Å². The van der Waals surface area contributed by atoms with Gasteiger partial charge in [0.2, 0.25) is 29.5 Å². The molecule has 0 bridgehead atoms. The largest absolute Gasteiger partial charge is 0.480 e. The highest BCUT2D eigenvalue weighted by Crippen LogP contribution is 2.11. The molecule has 5 amide bonds. The SMILES string of the molecule is COC(C)CC(=O)N[C@@H](Cc1ccccc1)C(=O)N(C)C(CCS)C(=O)NCC(=O)NCC(=O)NCC(=O)O. The van der Waals surface area contributed by atoms with Crippen molar-refractivity contribution < 1.29 is 38.6 Å². The fourth-order valence-electron chi connectivity index (χ4n) is 3.43. The van der Waals surface area contributed by atoms with E-state index in [0.29, 0.717) is 0 Å². The second-order valence-corrected chi connectivity index (χ2v) is 9.15. The molecule has 13 nitrogen and oxygen atoms in total. The molecule has 5 N–H and O–H groups in total. The standard InChI is InChI=1S/C25H37N5O8S/c1-16(38-3)11-20(31)29-18(12-17-7-5-4-6-8-17)25(37)30(2)19(9-10-39)24(36)28-14-22(33)26-13-21(32)27-15-23(34)35/h4-8,16,18-19,39H,9-15H2,1-3H3,(H,26,33)(H,27,32)(H,28,36)(H,29,31)(H,34,35)/t16?,18-,19?/m0/s1. The van der Waals surface area contributed by atoms with Crippen molar-refractivity contribution >= 4 is 48.1 Å². The van der Waals surface area contributed by atoms with E-state index in [1.165, 1.54) is 19.1 Å². The van der Waals surface area contributed by atoms with Crippen LogP contribution in [0.5, 0.6) is 0 Å². The second kappa shape index (κ2) is 17.8. The van der Waals surface area contributed by atoms with Gasteiger partial charge in [-0.3, -0.25) is 28.8 Å². The van der Waals surface area contributed by atoms with Gasteiger partial charge in [-0.05, 0) is 24.7 Å². The van der Waals surface area contributed by atoms with Gasteiger partial charge in [-0.25, -0.2) is 0 Å². The number of ether oxygens (including phenoxy) is 1. The quantitative estimate of drug-likeness (QED) is 0.126. The van der Waals surface area contributed by atoms with E-state index in [1.54, 1.807) is 6.92 Å². The zero-order valence-electron chi connectivity index (χ0n) is 22.3. The number of nitrogens with one attached hydrogen (secondary N) is 4. The van der Waals surface area contributed by atoms with E-state index in [9.17, 15) is 28.8 Å². The third-order valence-electron chi connectivity index (χ3n) is 5.62. The number of methoxy groups -OCH3 is 1. The molecular formula is C25H37N5O8S. The third kappa shape index (κ3) is 13.1. The Hall–Kier alpha value is -3.65. The summed E-state index contributed by atoms with van der Waals surface area (Å²) >= 11 is 4.19. The van der Waals surface area contributed by atoms with Crippen LogP contribution in [0.25, 0.3) is 0 Å². The number of nitrogens with zero attached hydrogens (tertiary/aromatic N) is 1. The lowest BCUT2D eigenvalue weighted by Gasteiger charge is -2.31. The third-order valence-corrected chi connectivity index (χ3v) is 5.88. The van der Waals surface area contributed by atoms with Crippen LogP contribution in [-0.2, 0) is 39.9 Å². The van der Waals surface area contributed by atoms with Crippen LogP contribution in [0.4, 0.5) is 0 Å². The molecule has 0 aliphatic carbocycles. The zero-order chi connectivity index (χ0) is 29.4. The number of likely N-dealkylation sites (N-methyl/N-ethyl adjacent to an activating group) is 1. The van der Waals surface area contributed by atoms with E-state index in [1.807, 2.05) is 30.3 Å². The number of rotatable bonds is 17. The summed E-state index contributed by atoms with van der Waals surface area (Å²) in [6.45, 7) is 0.192. The topological polar surface area (TPSA) is 183 Å². The van der Waals surface area contributed by atoms with Gasteiger partial charge in [-0.1, -0.05) is 30.3 Å². The van der Waals surface area contributed by atoms with Crippen LogP contribution < -0.4 is 21.3 Å². The molecular weight excluding hydrogens is 530 g/mol. The maximum Gasteiger partial charge on any atom is 0.322 e. The lowest BCUT2D eigenvalue weighted by atomic mass is 10.0. The maximum atomic E-state index is 13.5. The Kier molecular flexibility index (Phi) is 15.2. The smallest absolute Gasteiger partial charge is 0.322 e. The Morgan fingerprint density at radius 3 is 2.10 bits per heavy atom. The second-order valence-electron chi connectivity index (χ2n) is 8.70. The average molecular weight is 568 g/mol. The van der Waals surface area contributed by atoms with Crippen molar-refractivity contribution in [1.29, 1.82) is 0 Å². The first kappa shape index (κ1) is 33.4. The molecule has 1 aromatic carbocycles. The molecule has 0 saturated heterocycles. The summed E-state index contributed by atoms with van der Waals surface area (Å²) in [6.07, 6.45) is 0.0530. The van der Waals surface area contributed by atoms with Gasteiger partial charge in [0.1, 0.15) is 18.6 Å². The molecule has 0 spiro atoms. The number of carbonyl (C=O) groups is 6. The van der Waals surface area contributed by atoms with Crippen LogP contribution in [0, 0.1) is 0 Å². The Balaban J connectivity index is 2.86. The van der Waals surface area contributed by atoms with E-state index in [-0.39, 0.29) is 37.0 Å². The molecule has 0 radical (unpaired) electrons. The van der Waals surface area contributed by atoms with Gasteiger partial charge in [0.05, 0.1) is 25.6 Å². The van der Waals surface area contributed by atoms with Crippen molar-refractivity contribution in [2.45, 2.75) is 44.4 Å². The molecule has 216 valence electrons. The lowest BCUT2D eigenvalue weighted by molar-refractivity contribution is -0.142. The minimum atomic E-state index is -1.23. The predicted octanol–water partition coefficient (Wildman–Crippen LogP) is -1.28. The highest BCUT2D eigenvalue weighted by atomic mass is 32.1. The van der Waals surface area contributed by atoms with E-state index < -0.39 is 61.3 Å². The van der Waals surface area contributed by atoms with Gasteiger partial charge in [0.25, 0.3) is 0 Å². The number of hydrogen-bond donors (Lipinski definition) is 6. The molecule has 0 heterocycles. The summed E-state index contributed by atoms with van der Waals surface area (Å²) in [7, 11) is 2.91. The molecule has 1 aromatic rings. The van der Waals surface area contributed by atoms with Crippen LogP contribution >= 0.6 is 12.6 Å². The fourth-order valence-corrected chi connectivity index (χ4v) is 3.68. The average Bonchev–Trinajstić information content (AvgIpc) is 2.91. The van der Waals surface area contributed by atoms with Crippen LogP contribution in [0.15, 0.2) is 30.3 Å². The van der Waals surface area contributed by atoms with Gasteiger partial charge in [-0.15, -0.1) is 0 Å². The first-order chi connectivity index (χ1) is 18.5. The molecule has 39 heavy (non-hydrogen) atoms. The maximum absolute atomic E-state index is 13.5.